The van der Waals surface area contributed by atoms with Crippen LogP contribution in [0.25, 0.3) is 0 Å². The lowest BCUT2D eigenvalue weighted by Crippen LogP contribution is -2.38. The van der Waals surface area contributed by atoms with E-state index in [0.717, 1.165) is 41.1 Å². The number of carbonyl (C=O) groups is 4. The van der Waals surface area contributed by atoms with E-state index in [9.17, 15) is 37.5 Å². The Morgan fingerprint density at radius 3 is 2.03 bits per heavy atom. The average Bonchev–Trinajstić information content (AvgIpc) is 3.87. The minimum absolute atomic E-state index is 0.0839. The molecule has 5 aromatic carbocycles. The predicted octanol–water partition coefficient (Wildman–Crippen LogP) is 8.74. The topological polar surface area (TPSA) is 117 Å². The highest BCUT2D eigenvalue weighted by atomic mass is 19.4. The zero-order valence-corrected chi connectivity index (χ0v) is 31.3. The number of carboxylic acids is 1. The Morgan fingerprint density at radius 1 is 0.793 bits per heavy atom. The van der Waals surface area contributed by atoms with Crippen molar-refractivity contribution in [2.45, 2.75) is 56.0 Å². The van der Waals surface area contributed by atoms with Gasteiger partial charge in [-0.1, -0.05) is 127 Å². The van der Waals surface area contributed by atoms with Gasteiger partial charge in [-0.05, 0) is 48.2 Å². The van der Waals surface area contributed by atoms with E-state index in [1.165, 1.54) is 0 Å². The first kappa shape index (κ1) is 39.8. The molecule has 2 heterocycles. The summed E-state index contributed by atoms with van der Waals surface area (Å²) in [5.74, 6) is -3.79. The molecule has 0 unspecified atom stereocenters. The Bertz CT molecular complexity index is 2290. The van der Waals surface area contributed by atoms with Crippen molar-refractivity contribution in [3.8, 4) is 0 Å². The minimum Gasteiger partial charge on any atom is -0.480 e. The fraction of sp³-hybridized carbons (Fsp3) is 0.239. The van der Waals surface area contributed by atoms with E-state index in [1.54, 1.807) is 84.9 Å². The summed E-state index contributed by atoms with van der Waals surface area (Å²) in [6.45, 7) is 1.15. The number of aliphatic imine (C=N–C) groups is 1. The van der Waals surface area contributed by atoms with Gasteiger partial charge in [0.05, 0.1) is 17.3 Å². The highest BCUT2D eigenvalue weighted by Crippen LogP contribution is 2.36. The number of rotatable bonds is 13. The van der Waals surface area contributed by atoms with Crippen LogP contribution in [0.2, 0.25) is 0 Å². The number of likely N-dealkylation sites (tertiary alicyclic amines) is 1. The van der Waals surface area contributed by atoms with Gasteiger partial charge in [0.25, 0.3) is 0 Å². The standard InChI is InChI=1S/C46H40F3N3O6/c47-46(48,49)34-24-22-31(23-25-34)37(27-40(53)52-39(29-58-45(52)57)32-15-6-2-7-16-32)42(44(55)56)50-41(33-17-8-3-9-18-33)35-19-10-11-20-36(35)43(54)38-21-12-26-51(38)28-30-13-4-1-5-14-30/h1-11,13-20,22-25,37-39,42H,12,21,26-29H2,(H,55,56)/t37-,38+,39-,42+/m1/s1. The quantitative estimate of drug-likeness (QED) is 0.0938. The van der Waals surface area contributed by atoms with Crippen LogP contribution < -0.4 is 0 Å². The van der Waals surface area contributed by atoms with Crippen LogP contribution in [-0.2, 0) is 27.0 Å². The van der Waals surface area contributed by atoms with E-state index >= 15 is 0 Å². The molecule has 1 N–H and O–H groups in total. The van der Waals surface area contributed by atoms with Crippen LogP contribution in [0.5, 0.6) is 0 Å². The first-order valence-corrected chi connectivity index (χ1v) is 19.0. The second kappa shape index (κ2) is 17.4. The Morgan fingerprint density at radius 2 is 1.40 bits per heavy atom. The molecule has 9 nitrogen and oxygen atoms in total. The van der Waals surface area contributed by atoms with Gasteiger partial charge in [0, 0.05) is 35.6 Å². The second-order valence-corrected chi connectivity index (χ2v) is 14.3. The molecule has 0 aromatic heterocycles. The van der Waals surface area contributed by atoms with Gasteiger partial charge < -0.3 is 9.84 Å². The summed E-state index contributed by atoms with van der Waals surface area (Å²) in [4.78, 5) is 63.2. The molecular formula is C46H40F3N3O6. The van der Waals surface area contributed by atoms with Gasteiger partial charge in [-0.2, -0.15) is 13.2 Å². The van der Waals surface area contributed by atoms with Crippen LogP contribution in [0.3, 0.4) is 0 Å². The van der Waals surface area contributed by atoms with E-state index in [2.05, 4.69) is 4.90 Å². The van der Waals surface area contributed by atoms with Gasteiger partial charge >= 0.3 is 18.2 Å². The van der Waals surface area contributed by atoms with E-state index in [-0.39, 0.29) is 23.7 Å². The zero-order chi connectivity index (χ0) is 40.8. The van der Waals surface area contributed by atoms with Gasteiger partial charge in [-0.15, -0.1) is 0 Å². The maximum atomic E-state index is 14.6. The molecule has 0 bridgehead atoms. The van der Waals surface area contributed by atoms with Crippen LogP contribution in [0, 0.1) is 0 Å². The largest absolute Gasteiger partial charge is 0.480 e. The van der Waals surface area contributed by atoms with Crippen LogP contribution >= 0.6 is 0 Å². The number of carboxylic acid groups (broad SMARTS) is 1. The van der Waals surface area contributed by atoms with Gasteiger partial charge in [0.15, 0.2) is 11.8 Å². The minimum atomic E-state index is -4.68. The number of ether oxygens (including phenoxy) is 1. The smallest absolute Gasteiger partial charge is 0.417 e. The maximum Gasteiger partial charge on any atom is 0.417 e. The molecule has 0 spiro atoms. The van der Waals surface area contributed by atoms with Gasteiger partial charge in [0.2, 0.25) is 5.91 Å². The molecule has 4 atom stereocenters. The van der Waals surface area contributed by atoms with Crippen molar-refractivity contribution in [1.82, 2.24) is 9.80 Å². The molecule has 2 saturated heterocycles. The van der Waals surface area contributed by atoms with Crippen molar-refractivity contribution in [3.05, 3.63) is 178 Å². The third-order valence-electron chi connectivity index (χ3n) is 10.7. The molecule has 2 amide bonds. The molecule has 0 radical (unpaired) electrons. The molecule has 2 aliphatic heterocycles. The number of hydrogen-bond acceptors (Lipinski definition) is 7. The molecule has 12 heteroatoms. The number of benzene rings is 5. The molecule has 5 aromatic rings. The highest BCUT2D eigenvalue weighted by Gasteiger charge is 2.42. The first-order valence-electron chi connectivity index (χ1n) is 19.0. The number of alkyl halides is 3. The fourth-order valence-corrected chi connectivity index (χ4v) is 7.80. The van der Waals surface area contributed by atoms with Crippen molar-refractivity contribution < 1.29 is 42.2 Å². The number of cyclic esters (lactones) is 1. The van der Waals surface area contributed by atoms with Crippen LogP contribution in [0.1, 0.15) is 75.0 Å². The number of halogens is 3. The molecule has 58 heavy (non-hydrogen) atoms. The van der Waals surface area contributed by atoms with Crippen molar-refractivity contribution in [2.75, 3.05) is 13.2 Å². The summed E-state index contributed by atoms with van der Waals surface area (Å²) in [6.07, 6.45) is -4.79. The van der Waals surface area contributed by atoms with Crippen LogP contribution in [-0.4, -0.2) is 69.6 Å². The zero-order valence-electron chi connectivity index (χ0n) is 31.3. The SMILES string of the molecule is O=C(O)[C@@H](N=C(c1ccccc1)c1ccccc1C(=O)[C@@H]1CCCN1Cc1ccccc1)[C@H](CC(=O)N1C(=O)OC[C@@H]1c1ccccc1)c1ccc(C(F)(F)F)cc1. The average molecular weight is 788 g/mol. The molecule has 296 valence electrons. The number of ketones is 1. The summed E-state index contributed by atoms with van der Waals surface area (Å²) in [6, 6.07) is 34.9. The fourth-order valence-electron chi connectivity index (χ4n) is 7.80. The summed E-state index contributed by atoms with van der Waals surface area (Å²) >= 11 is 0. The van der Waals surface area contributed by atoms with Crippen molar-refractivity contribution in [2.24, 2.45) is 4.99 Å². The predicted molar refractivity (Wildman–Crippen MR) is 210 cm³/mol. The number of nitrogens with zero attached hydrogens (tertiary/aromatic N) is 3. The van der Waals surface area contributed by atoms with Gasteiger partial charge in [-0.3, -0.25) is 19.5 Å². The number of Topliss-reactive ketones (excluding diaryl/α,β-unsaturated/α-hetero) is 1. The highest BCUT2D eigenvalue weighted by molar-refractivity contribution is 6.19. The molecule has 2 fully saturated rings. The molecular weight excluding hydrogens is 748 g/mol. The van der Waals surface area contributed by atoms with Crippen LogP contribution in [0.4, 0.5) is 18.0 Å². The number of carbonyl (C=O) groups excluding carboxylic acids is 3. The monoisotopic (exact) mass is 787 g/mol. The second-order valence-electron chi connectivity index (χ2n) is 14.3. The van der Waals surface area contributed by atoms with Gasteiger partial charge in [0.1, 0.15) is 12.6 Å². The lowest BCUT2D eigenvalue weighted by molar-refractivity contribution is -0.140. The Kier molecular flexibility index (Phi) is 11.9. The summed E-state index contributed by atoms with van der Waals surface area (Å²) < 4.78 is 46.4. The van der Waals surface area contributed by atoms with E-state index < -0.39 is 60.2 Å². The summed E-state index contributed by atoms with van der Waals surface area (Å²) in [7, 11) is 0. The van der Waals surface area contributed by atoms with Gasteiger partial charge in [-0.25, -0.2) is 14.5 Å². The van der Waals surface area contributed by atoms with E-state index in [4.69, 9.17) is 9.73 Å². The number of hydrogen-bond donors (Lipinski definition) is 1. The normalized spacial score (nSPS) is 18.4. The van der Waals surface area contributed by atoms with Crippen LogP contribution in [0.15, 0.2) is 145 Å². The van der Waals surface area contributed by atoms with Crippen molar-refractivity contribution >= 4 is 29.5 Å². The maximum absolute atomic E-state index is 14.6. The number of aliphatic carboxylic acids is 1. The summed E-state index contributed by atoms with van der Waals surface area (Å²) in [5, 5.41) is 10.9. The Balaban J connectivity index is 1.31. The Hall–Kier alpha value is -6.40. The van der Waals surface area contributed by atoms with E-state index in [0.29, 0.717) is 41.8 Å². The van der Waals surface area contributed by atoms with Crippen molar-refractivity contribution in [1.29, 1.82) is 0 Å². The lowest BCUT2D eigenvalue weighted by atomic mass is 9.86. The first-order chi connectivity index (χ1) is 28.0. The number of imide groups is 1. The number of amides is 2. The summed E-state index contributed by atoms with van der Waals surface area (Å²) in [5.41, 5.74) is 2.11. The molecule has 0 saturated carbocycles. The third-order valence-corrected chi connectivity index (χ3v) is 10.7. The van der Waals surface area contributed by atoms with E-state index in [1.807, 2.05) is 30.3 Å². The molecule has 7 rings (SSSR count). The molecule has 0 aliphatic carbocycles. The Labute approximate surface area is 333 Å². The molecule has 2 aliphatic rings. The lowest BCUT2D eigenvalue weighted by Gasteiger charge is -2.27. The third kappa shape index (κ3) is 8.77. The van der Waals surface area contributed by atoms with Crippen molar-refractivity contribution in [3.63, 3.8) is 0 Å².